The van der Waals surface area contributed by atoms with Crippen LogP contribution in [0.1, 0.15) is 131 Å². The summed E-state index contributed by atoms with van der Waals surface area (Å²) in [5, 5.41) is 45.7. The third-order valence-electron chi connectivity index (χ3n) is 27.8. The lowest BCUT2D eigenvalue weighted by atomic mass is 9.44. The predicted octanol–water partition coefficient (Wildman–Crippen LogP) is 8.92. The van der Waals surface area contributed by atoms with Crippen LogP contribution in [-0.4, -0.2) is 189 Å². The van der Waals surface area contributed by atoms with Gasteiger partial charge in [0, 0.05) is 39.7 Å². The molecule has 0 spiro atoms. The number of aromatic amines is 4. The Bertz CT molecular complexity index is 6260. The maximum atomic E-state index is 17.5. The van der Waals surface area contributed by atoms with Crippen LogP contribution in [0.4, 0.5) is 35.5 Å². The average molecular weight is 1820 g/mol. The van der Waals surface area contributed by atoms with E-state index in [2.05, 4.69) is 0 Å². The normalized spacial score (nSPS) is 32.0. The Morgan fingerprint density at radius 3 is 1.35 bits per heavy atom. The van der Waals surface area contributed by atoms with E-state index in [4.69, 9.17) is 47.7 Å². The van der Waals surface area contributed by atoms with Crippen molar-refractivity contribution in [3.8, 4) is 11.5 Å². The Morgan fingerprint density at radius 1 is 0.531 bits per heavy atom. The number of nitrogens with one attached hydrogen (secondary N) is 4. The summed E-state index contributed by atoms with van der Waals surface area (Å²) in [5.41, 5.74) is -18.0. The first-order chi connectivity index (χ1) is 60.9. The van der Waals surface area contributed by atoms with Crippen molar-refractivity contribution in [1.82, 2.24) is 29.1 Å². The number of benzene rings is 4. The predicted molar refractivity (Wildman–Crippen MR) is 445 cm³/mol. The second-order valence-corrected chi connectivity index (χ2v) is 35.8. The largest absolute Gasteiger partial charge is 0.510 e. The number of rotatable bonds is 15. The summed E-state index contributed by atoms with van der Waals surface area (Å²) in [6.45, 7) is 13.3. The average Bonchev–Trinajstić information content (AvgIpc) is 1.49. The van der Waals surface area contributed by atoms with E-state index in [1.165, 1.54) is 38.2 Å². The van der Waals surface area contributed by atoms with Gasteiger partial charge >= 0.3 is 35.2 Å². The molecule has 7 aromatic rings. The molecule has 8 fully saturated rings. The number of nitrogens with zero attached hydrogens (tertiary/aromatic N) is 2. The van der Waals surface area contributed by atoms with Crippen LogP contribution in [-0.2, 0) is 75.4 Å². The number of carboxylic acids is 1. The number of ketones is 4. The minimum Gasteiger partial charge on any atom is -0.497 e. The lowest BCUT2D eigenvalue weighted by molar-refractivity contribution is -0.249. The van der Waals surface area contributed by atoms with Gasteiger partial charge < -0.3 is 68.0 Å². The monoisotopic (exact) mass is 1820 g/mol. The molecule has 2 aliphatic heterocycles. The van der Waals surface area contributed by atoms with E-state index in [0.29, 0.717) is 23.2 Å². The fourth-order valence-electron chi connectivity index (χ4n) is 21.5. The number of methoxy groups -OCH3 is 2. The van der Waals surface area contributed by atoms with Crippen LogP contribution in [0.15, 0.2) is 168 Å². The molecule has 2 saturated heterocycles. The molecule has 696 valence electrons. The molecule has 130 heavy (non-hydrogen) atoms. The fourth-order valence-corrected chi connectivity index (χ4v) is 21.5. The number of aliphatic hydroxyl groups excluding tert-OH is 3. The van der Waals surface area contributed by atoms with Gasteiger partial charge in [-0.1, -0.05) is 74.5 Å². The second-order valence-electron chi connectivity index (χ2n) is 35.8. The Balaban J connectivity index is 0.000000149. The summed E-state index contributed by atoms with van der Waals surface area (Å²) in [7, 11) is 3.22. The molecule has 0 bridgehead atoms. The van der Waals surface area contributed by atoms with Gasteiger partial charge in [-0.2, -0.15) is 13.2 Å². The molecular weight excluding hydrogens is 1730 g/mol. The number of allylic oxidation sites excluding steroid dienone is 8. The number of fused-ring (bicyclic) bond motifs is 16. The van der Waals surface area contributed by atoms with Gasteiger partial charge in [0.25, 0.3) is 16.7 Å². The van der Waals surface area contributed by atoms with E-state index in [9.17, 15) is 90.8 Å². The highest BCUT2D eigenvalue weighted by atomic mass is 19.2. The van der Waals surface area contributed by atoms with Crippen LogP contribution in [0, 0.1) is 62.8 Å². The zero-order valence-electron chi connectivity index (χ0n) is 72.4. The zero-order valence-corrected chi connectivity index (χ0v) is 72.4. The van der Waals surface area contributed by atoms with E-state index in [1.54, 1.807) is 90.6 Å². The molecule has 4 aromatic carbocycles. The van der Waals surface area contributed by atoms with Crippen LogP contribution in [0.5, 0.6) is 11.5 Å². The number of carbonyl (C=O) groups is 7. The minimum atomic E-state index is -2.39. The van der Waals surface area contributed by atoms with Gasteiger partial charge in [0.1, 0.15) is 30.4 Å². The van der Waals surface area contributed by atoms with Gasteiger partial charge in [0.2, 0.25) is 23.2 Å². The Hall–Kier alpha value is -11.9. The molecule has 17 rings (SSSR count). The van der Waals surface area contributed by atoms with Gasteiger partial charge in [-0.25, -0.2) is 36.7 Å². The number of Topliss-reactive ketones (excluding diaryl/α,β-unsaturated/α-hetero) is 2. The van der Waals surface area contributed by atoms with Gasteiger partial charge in [0.05, 0.1) is 62.9 Å². The van der Waals surface area contributed by atoms with E-state index in [1.807, 2.05) is 71.7 Å². The molecule has 8 aliphatic carbocycles. The van der Waals surface area contributed by atoms with Gasteiger partial charge in [-0.05, 0) is 198 Å². The fraction of sp³-hybridized carbons (Fsp3) is 0.484. The number of halogens is 7. The first kappa shape index (κ1) is 95.7. The second kappa shape index (κ2) is 35.1. The summed E-state index contributed by atoms with van der Waals surface area (Å²) < 4.78 is 156. The summed E-state index contributed by atoms with van der Waals surface area (Å²) in [4.78, 5) is 160. The number of hydrogen-bond donors (Lipinski definition) is 8. The number of carbonyl (C=O) groups excluding carboxylic acids is 6. The Morgan fingerprint density at radius 2 is 0.938 bits per heavy atom. The number of H-pyrrole nitrogens is 4. The molecule has 8 N–H and O–H groups in total. The van der Waals surface area contributed by atoms with Crippen LogP contribution < -0.4 is 43.2 Å². The molecule has 6 saturated carbocycles. The molecule has 0 amide bonds. The lowest BCUT2D eigenvalue weighted by Crippen LogP contribution is -2.71. The quantitative estimate of drug-likeness (QED) is 0.0350. The van der Waals surface area contributed by atoms with Crippen molar-refractivity contribution in [2.75, 3.05) is 27.4 Å². The minimum absolute atomic E-state index is 0.0345. The number of aliphatic hydroxyl groups is 3. The van der Waals surface area contributed by atoms with Crippen molar-refractivity contribution in [2.24, 2.45) is 45.3 Å². The summed E-state index contributed by atoms with van der Waals surface area (Å²) in [6.07, 6.45) is -0.969. The van der Waals surface area contributed by atoms with Crippen molar-refractivity contribution >= 4 is 62.8 Å². The van der Waals surface area contributed by atoms with Crippen molar-refractivity contribution < 1.29 is 127 Å². The third kappa shape index (κ3) is 16.4. The van der Waals surface area contributed by atoms with Crippen molar-refractivity contribution in [2.45, 2.75) is 204 Å². The smallest absolute Gasteiger partial charge is 0.497 e. The van der Waals surface area contributed by atoms with Crippen molar-refractivity contribution in [1.29, 1.82) is 0 Å². The number of ether oxygens (including phenoxy) is 9. The highest BCUT2D eigenvalue weighted by molar-refractivity contribution is 6.02. The Labute approximate surface area is 734 Å². The number of esters is 1. The number of carboxylic acid groups (broad SMARTS) is 1. The lowest BCUT2D eigenvalue weighted by Gasteiger charge is -2.63. The van der Waals surface area contributed by atoms with Crippen molar-refractivity contribution in [3.05, 3.63) is 230 Å². The third-order valence-corrected chi connectivity index (χ3v) is 27.8. The number of hydrogen-bond acceptors (Lipinski definition) is 25. The maximum absolute atomic E-state index is 17.5. The Kier molecular flexibility index (Phi) is 25.8. The molecule has 9 unspecified atom stereocenters. The summed E-state index contributed by atoms with van der Waals surface area (Å²) in [6, 6.07) is 22.6. The number of aromatic nitrogens is 6. The SMILES string of the molecule is CC1(C)O[C@@H]2CC3C4C[C@H](F)C5=CC(=O)C=CC5(C)[C@@]4(F)[C@@H](O)CC3(C)[C@]2(C(=O)CO)O1.CC1(C)O[C@@H]2CC3C4C[C@H](F)C5=CC(=O)C=CC5(C)[C@@]4(F)[C@@H](O)CC3(C)[C@]2(C(=O)COC(=O)OCn2cc(F)c(=O)[nH]c2=O)O1.COc1ccc2cc(C(C)C(=O)OCn3cc(F)c(=O)[nH]c3=O)ccc2c1.COc1ccc2cc([C@H](C)C(=O)O)ccc2c1.O=c1[nH]cc(F)c(=O)[nH]1. The summed E-state index contributed by atoms with van der Waals surface area (Å²) >= 11 is 0. The topological polar surface area (TPSA) is 459 Å². The molecule has 5 heterocycles. The standard InChI is InChI=1S/C30H33F3N2O10.C24H30F2O6.C19H17FN2O5.C14H14O3.C4H3FN2O2/c1-26(2)44-22-9-15-16-8-18(31)17-7-14(36)5-6-27(17,3)29(16,33)20(37)10-28(15,4)30(22,45-26)21(38)12-42-25(41)43-13-35-11-19(32)23(39)34-24(35)40;1-20(2)31-19-9-13-14-8-16(25)15-7-12(28)5-6-21(15,3)23(14,26)17(29)10-22(13,4)24(19,32-20)18(30)11-27;1-11(12-3-4-14-8-15(26-2)6-5-13(14)7-12)18(24)27-10-22-9-16(20)17(23)21-19(22)25;1-9(14(15)16)10-3-4-12-8-13(17-2)6-5-11(12)7-10;5-2-1-6-4(9)7-3(2)8/h5-7,11,15-16,18,20,22,37H,8-10,12-13H2,1-4H3,(H,34,39,40);5-7,13-14,16-17,19,27,29H,8-11H2,1-4H3;3-9,11H,10H2,1-2H3,(H,21,23,25);3-9H,1-2H3,(H,15,16);1H,(H2,6,7,8,9)/t15?,16?,18-,20-,22+,27?,28?,29-,30+;13?,14?,16-,17-,19+,21?,22?,23-,24+;;9-;/m00.0./s1. The maximum Gasteiger partial charge on any atom is 0.510 e. The molecule has 3 aromatic heterocycles. The molecular formula is C91H97F7N6O26. The van der Waals surface area contributed by atoms with E-state index in [-0.39, 0.29) is 49.7 Å². The van der Waals surface area contributed by atoms with Crippen LogP contribution >= 0.6 is 0 Å². The summed E-state index contributed by atoms with van der Waals surface area (Å²) in [5.74, 6) is -12.3. The van der Waals surface area contributed by atoms with Crippen LogP contribution in [0.2, 0.25) is 0 Å². The molecule has 39 heteroatoms. The van der Waals surface area contributed by atoms with Crippen LogP contribution in [0.25, 0.3) is 21.5 Å². The molecule has 32 nitrogen and oxygen atoms in total. The number of alkyl halides is 4. The van der Waals surface area contributed by atoms with Crippen molar-refractivity contribution in [3.63, 3.8) is 0 Å². The van der Waals surface area contributed by atoms with Gasteiger partial charge in [-0.15, -0.1) is 0 Å². The molecule has 0 radical (unpaired) electrons. The molecule has 10 aliphatic rings. The molecule has 20 atom stereocenters. The first-order valence-corrected chi connectivity index (χ1v) is 41.5. The first-order valence-electron chi connectivity index (χ1n) is 41.5. The van der Waals surface area contributed by atoms with Gasteiger partial charge in [-0.3, -0.25) is 67.2 Å². The zero-order chi connectivity index (χ0) is 95.2. The van der Waals surface area contributed by atoms with E-state index >= 15 is 17.6 Å². The van der Waals surface area contributed by atoms with E-state index in [0.717, 1.165) is 60.9 Å². The highest BCUT2D eigenvalue weighted by Gasteiger charge is 2.83. The van der Waals surface area contributed by atoms with Gasteiger partial charge in [0.15, 0.2) is 71.5 Å². The van der Waals surface area contributed by atoms with Crippen LogP contribution in [0.3, 0.4) is 0 Å². The van der Waals surface area contributed by atoms with E-state index < -0.39 is 247 Å². The number of aliphatic carboxylic acids is 1. The highest BCUT2D eigenvalue weighted by Crippen LogP contribution is 2.75.